The van der Waals surface area contributed by atoms with Crippen LogP contribution in [0.4, 0.5) is 0 Å². The summed E-state index contributed by atoms with van der Waals surface area (Å²) in [5, 5.41) is 3.16. The number of hydrogen-bond acceptors (Lipinski definition) is 4. The van der Waals surface area contributed by atoms with Crippen LogP contribution in [0.2, 0.25) is 5.02 Å². The quantitative estimate of drug-likeness (QED) is 0.755. The molecule has 1 heterocycles. The second-order valence-electron chi connectivity index (χ2n) is 4.61. The van der Waals surface area contributed by atoms with Gasteiger partial charge >= 0.3 is 0 Å². The number of H-pyrrole nitrogens is 1. The fourth-order valence-corrected chi connectivity index (χ4v) is 3.69. The number of nitrogens with one attached hydrogen (secondary N) is 3. The van der Waals surface area contributed by atoms with Crippen LogP contribution in [0.3, 0.4) is 0 Å². The van der Waals surface area contributed by atoms with Crippen molar-refractivity contribution in [3.63, 3.8) is 0 Å². The topological polar surface area (TPSA) is 86.9 Å². The molecule has 21 heavy (non-hydrogen) atoms. The van der Waals surface area contributed by atoms with E-state index in [9.17, 15) is 8.42 Å². The Morgan fingerprint density at radius 3 is 2.81 bits per heavy atom. The van der Waals surface area contributed by atoms with E-state index in [1.165, 1.54) is 0 Å². The highest BCUT2D eigenvalue weighted by Gasteiger charge is 2.22. The van der Waals surface area contributed by atoms with E-state index in [1.54, 1.807) is 44.6 Å². The highest BCUT2D eigenvalue weighted by atomic mass is 35.5. The maximum Gasteiger partial charge on any atom is 0.242 e. The van der Waals surface area contributed by atoms with Gasteiger partial charge in [-0.15, -0.1) is 0 Å². The van der Waals surface area contributed by atoms with Crippen LogP contribution in [-0.2, 0) is 16.6 Å². The Kier molecular flexibility index (Phi) is 5.00. The molecule has 8 heteroatoms. The third-order valence-electron chi connectivity index (χ3n) is 2.93. The maximum absolute atomic E-state index is 12.5. The Balaban J connectivity index is 2.28. The number of halogens is 1. The number of imidazole rings is 1. The third-order valence-corrected chi connectivity index (χ3v) is 4.95. The molecule has 0 bridgehead atoms. The van der Waals surface area contributed by atoms with Crippen LogP contribution in [-0.4, -0.2) is 25.4 Å². The molecule has 1 unspecified atom stereocenters. The molecule has 2 rings (SSSR count). The van der Waals surface area contributed by atoms with Gasteiger partial charge in [0.05, 0.1) is 11.1 Å². The van der Waals surface area contributed by atoms with Gasteiger partial charge in [0.25, 0.3) is 0 Å². The second kappa shape index (κ2) is 6.57. The van der Waals surface area contributed by atoms with Crippen molar-refractivity contribution in [1.29, 1.82) is 0 Å². The van der Waals surface area contributed by atoms with Crippen molar-refractivity contribution in [2.45, 2.75) is 24.4 Å². The second-order valence-corrected chi connectivity index (χ2v) is 6.70. The highest BCUT2D eigenvalue weighted by Crippen LogP contribution is 2.24. The Hall–Kier alpha value is -1.41. The molecule has 6 nitrogen and oxygen atoms in total. The number of aromatic nitrogens is 2. The number of aromatic amines is 1. The minimum Gasteiger partial charge on any atom is -0.347 e. The number of nitrogens with zero attached hydrogens (tertiary/aromatic N) is 1. The molecular formula is C13H17ClN4O2S. The van der Waals surface area contributed by atoms with E-state index >= 15 is 0 Å². The van der Waals surface area contributed by atoms with E-state index < -0.39 is 16.1 Å². The molecule has 0 saturated carbocycles. The van der Waals surface area contributed by atoms with E-state index in [0.29, 0.717) is 12.4 Å². The lowest BCUT2D eigenvalue weighted by Gasteiger charge is -2.14. The van der Waals surface area contributed by atoms with E-state index in [-0.39, 0.29) is 9.92 Å². The lowest BCUT2D eigenvalue weighted by Crippen LogP contribution is -2.28. The van der Waals surface area contributed by atoms with Crippen molar-refractivity contribution in [1.82, 2.24) is 20.0 Å². The summed E-state index contributed by atoms with van der Waals surface area (Å²) in [7, 11) is -1.94. The summed E-state index contributed by atoms with van der Waals surface area (Å²) >= 11 is 6.03. The molecule has 0 radical (unpaired) electrons. The van der Waals surface area contributed by atoms with Gasteiger partial charge in [-0.3, -0.25) is 0 Å². The van der Waals surface area contributed by atoms with E-state index in [0.717, 1.165) is 5.56 Å². The fraction of sp³-hybridized carbons (Fsp3) is 0.308. The molecule has 0 aliphatic rings. The van der Waals surface area contributed by atoms with Crippen molar-refractivity contribution >= 4 is 21.6 Å². The number of benzene rings is 1. The van der Waals surface area contributed by atoms with Gasteiger partial charge in [0.1, 0.15) is 10.7 Å². The van der Waals surface area contributed by atoms with Crippen molar-refractivity contribution in [2.75, 3.05) is 7.05 Å². The van der Waals surface area contributed by atoms with Crippen LogP contribution in [0, 0.1) is 0 Å². The molecule has 1 aromatic carbocycles. The van der Waals surface area contributed by atoms with Crippen molar-refractivity contribution in [3.8, 4) is 0 Å². The summed E-state index contributed by atoms with van der Waals surface area (Å²) in [5.41, 5.74) is 0.841. The minimum absolute atomic E-state index is 0.0651. The SMILES string of the molecule is CNCc1ccc(Cl)c(S(=O)(=O)NC(C)c2ncc[nH]2)c1. The number of rotatable bonds is 6. The summed E-state index contributed by atoms with van der Waals surface area (Å²) in [6.07, 6.45) is 3.21. The van der Waals surface area contributed by atoms with Gasteiger partial charge in [0.15, 0.2) is 0 Å². The zero-order valence-electron chi connectivity index (χ0n) is 11.7. The summed E-state index contributed by atoms with van der Waals surface area (Å²) in [5.74, 6) is 0.543. The first-order valence-corrected chi connectivity index (χ1v) is 8.25. The van der Waals surface area contributed by atoms with Crippen LogP contribution in [0.25, 0.3) is 0 Å². The zero-order valence-corrected chi connectivity index (χ0v) is 13.3. The molecule has 0 saturated heterocycles. The highest BCUT2D eigenvalue weighted by molar-refractivity contribution is 7.89. The Bertz CT molecular complexity index is 701. The summed E-state index contributed by atoms with van der Waals surface area (Å²) < 4.78 is 27.5. The zero-order chi connectivity index (χ0) is 15.5. The van der Waals surface area contributed by atoms with Gasteiger partial charge < -0.3 is 10.3 Å². The van der Waals surface area contributed by atoms with Gasteiger partial charge in [0, 0.05) is 18.9 Å². The summed E-state index contributed by atoms with van der Waals surface area (Å²) in [6.45, 7) is 2.27. The van der Waals surface area contributed by atoms with Crippen LogP contribution in [0.15, 0.2) is 35.5 Å². The molecule has 1 aromatic heterocycles. The van der Waals surface area contributed by atoms with Gasteiger partial charge in [-0.2, -0.15) is 0 Å². The molecule has 114 valence electrons. The standard InChI is InChI=1S/C13H17ClN4O2S/c1-9(13-16-5-6-17-13)18-21(19,20)12-7-10(8-15-2)3-4-11(12)14/h3-7,9,15,18H,8H2,1-2H3,(H,16,17). The Labute approximate surface area is 129 Å². The fourth-order valence-electron chi connectivity index (χ4n) is 1.93. The first-order chi connectivity index (χ1) is 9.94. The van der Waals surface area contributed by atoms with Crippen LogP contribution in [0.1, 0.15) is 24.4 Å². The molecule has 0 aliphatic carbocycles. The number of hydrogen-bond donors (Lipinski definition) is 3. The monoisotopic (exact) mass is 328 g/mol. The van der Waals surface area contributed by atoms with Crippen LogP contribution in [0.5, 0.6) is 0 Å². The van der Waals surface area contributed by atoms with E-state index in [2.05, 4.69) is 20.0 Å². The van der Waals surface area contributed by atoms with Crippen molar-refractivity contribution in [2.24, 2.45) is 0 Å². The predicted molar refractivity (Wildman–Crippen MR) is 81.5 cm³/mol. The van der Waals surface area contributed by atoms with Gasteiger partial charge in [-0.25, -0.2) is 18.1 Å². The molecule has 1 atom stereocenters. The minimum atomic E-state index is -3.73. The number of sulfonamides is 1. The normalized spacial score (nSPS) is 13.3. The molecule has 0 amide bonds. The largest absolute Gasteiger partial charge is 0.347 e. The summed E-state index contributed by atoms with van der Waals surface area (Å²) in [6, 6.07) is 4.46. The first kappa shape index (κ1) is 16.0. The first-order valence-electron chi connectivity index (χ1n) is 6.38. The average molecular weight is 329 g/mol. The molecular weight excluding hydrogens is 312 g/mol. The van der Waals surface area contributed by atoms with E-state index in [1.807, 2.05) is 0 Å². The summed E-state index contributed by atoms with van der Waals surface area (Å²) in [4.78, 5) is 6.98. The molecule has 0 aliphatic heterocycles. The van der Waals surface area contributed by atoms with Crippen LogP contribution < -0.4 is 10.0 Å². The van der Waals surface area contributed by atoms with Crippen molar-refractivity contribution in [3.05, 3.63) is 47.0 Å². The predicted octanol–water partition coefficient (Wildman–Crippen LogP) is 1.82. The van der Waals surface area contributed by atoms with E-state index in [4.69, 9.17) is 11.6 Å². The molecule has 3 N–H and O–H groups in total. The molecule has 0 fully saturated rings. The Morgan fingerprint density at radius 1 is 1.43 bits per heavy atom. The van der Waals surface area contributed by atoms with Gasteiger partial charge in [-0.05, 0) is 31.7 Å². The Morgan fingerprint density at radius 2 is 2.19 bits per heavy atom. The maximum atomic E-state index is 12.5. The average Bonchev–Trinajstić information content (AvgIpc) is 2.94. The molecule has 0 spiro atoms. The lowest BCUT2D eigenvalue weighted by molar-refractivity contribution is 0.561. The lowest BCUT2D eigenvalue weighted by atomic mass is 10.2. The third kappa shape index (κ3) is 3.82. The smallest absolute Gasteiger partial charge is 0.242 e. The van der Waals surface area contributed by atoms with Gasteiger partial charge in [-0.1, -0.05) is 17.7 Å². The molecule has 2 aromatic rings. The van der Waals surface area contributed by atoms with Crippen molar-refractivity contribution < 1.29 is 8.42 Å². The van der Waals surface area contributed by atoms with Gasteiger partial charge in [0.2, 0.25) is 10.0 Å². The van der Waals surface area contributed by atoms with Crippen LogP contribution >= 0.6 is 11.6 Å².